The molecule has 1 atom stereocenters. The summed E-state index contributed by atoms with van der Waals surface area (Å²) in [6, 6.07) is 12.5. The van der Waals surface area contributed by atoms with Crippen LogP contribution in [0.15, 0.2) is 42.5 Å². The van der Waals surface area contributed by atoms with Crippen molar-refractivity contribution in [2.24, 2.45) is 0 Å². The quantitative estimate of drug-likeness (QED) is 0.878. The van der Waals surface area contributed by atoms with Crippen LogP contribution in [0.1, 0.15) is 22.8 Å². The zero-order chi connectivity index (χ0) is 14.5. The van der Waals surface area contributed by atoms with Crippen LogP contribution >= 0.6 is 0 Å². The second kappa shape index (κ2) is 6.41. The molecule has 0 aliphatic heterocycles. The van der Waals surface area contributed by atoms with E-state index in [-0.39, 0.29) is 6.61 Å². The van der Waals surface area contributed by atoms with E-state index < -0.39 is 6.10 Å². The van der Waals surface area contributed by atoms with Crippen molar-refractivity contribution < 1.29 is 19.7 Å². The number of methoxy groups -OCH3 is 2. The van der Waals surface area contributed by atoms with Crippen molar-refractivity contribution in [2.45, 2.75) is 12.7 Å². The number of aliphatic hydroxyl groups is 2. The summed E-state index contributed by atoms with van der Waals surface area (Å²) in [5, 5.41) is 20.0. The van der Waals surface area contributed by atoms with Crippen LogP contribution in [-0.4, -0.2) is 24.4 Å². The Morgan fingerprint density at radius 3 is 2.25 bits per heavy atom. The van der Waals surface area contributed by atoms with E-state index in [9.17, 15) is 10.2 Å². The van der Waals surface area contributed by atoms with Crippen molar-refractivity contribution >= 4 is 0 Å². The molecule has 0 aliphatic carbocycles. The Morgan fingerprint density at radius 2 is 1.70 bits per heavy atom. The van der Waals surface area contributed by atoms with Crippen LogP contribution in [0.25, 0.3) is 0 Å². The molecule has 0 aliphatic rings. The van der Waals surface area contributed by atoms with Crippen LogP contribution in [0.5, 0.6) is 11.5 Å². The predicted molar refractivity (Wildman–Crippen MR) is 76.0 cm³/mol. The molecular weight excluding hydrogens is 256 g/mol. The Balaban J connectivity index is 2.43. The van der Waals surface area contributed by atoms with Crippen molar-refractivity contribution in [1.82, 2.24) is 0 Å². The minimum absolute atomic E-state index is 0.153. The molecule has 0 radical (unpaired) electrons. The molecule has 0 bridgehead atoms. The van der Waals surface area contributed by atoms with Gasteiger partial charge in [0, 0.05) is 5.56 Å². The van der Waals surface area contributed by atoms with Crippen LogP contribution < -0.4 is 9.47 Å². The van der Waals surface area contributed by atoms with E-state index in [0.717, 1.165) is 5.75 Å². The summed E-state index contributed by atoms with van der Waals surface area (Å²) in [7, 11) is 3.14. The third kappa shape index (κ3) is 2.76. The highest BCUT2D eigenvalue weighted by molar-refractivity contribution is 5.46. The van der Waals surface area contributed by atoms with Gasteiger partial charge in [-0.25, -0.2) is 0 Å². The number of hydrogen-bond donors (Lipinski definition) is 2. The molecule has 2 aromatic carbocycles. The maximum atomic E-state index is 10.5. The number of hydrogen-bond acceptors (Lipinski definition) is 4. The fourth-order valence-corrected chi connectivity index (χ4v) is 2.17. The molecule has 0 amide bonds. The van der Waals surface area contributed by atoms with Crippen LogP contribution in [0.2, 0.25) is 0 Å². The predicted octanol–water partition coefficient (Wildman–Crippen LogP) is 2.28. The van der Waals surface area contributed by atoms with Gasteiger partial charge in [-0.15, -0.1) is 0 Å². The highest BCUT2D eigenvalue weighted by Crippen LogP contribution is 2.33. The lowest BCUT2D eigenvalue weighted by Gasteiger charge is -2.18. The van der Waals surface area contributed by atoms with Gasteiger partial charge in [0.2, 0.25) is 0 Å². The fourth-order valence-electron chi connectivity index (χ4n) is 2.17. The summed E-state index contributed by atoms with van der Waals surface area (Å²) < 4.78 is 10.4. The van der Waals surface area contributed by atoms with Gasteiger partial charge in [-0.05, 0) is 29.3 Å². The smallest absolute Gasteiger partial charge is 0.125 e. The number of rotatable bonds is 5. The Labute approximate surface area is 118 Å². The van der Waals surface area contributed by atoms with Gasteiger partial charge >= 0.3 is 0 Å². The summed E-state index contributed by atoms with van der Waals surface area (Å²) in [5.41, 5.74) is 1.94. The van der Waals surface area contributed by atoms with E-state index in [2.05, 4.69) is 0 Å². The van der Waals surface area contributed by atoms with Gasteiger partial charge in [-0.3, -0.25) is 0 Å². The topological polar surface area (TPSA) is 58.9 Å². The molecule has 4 heteroatoms. The second-order valence-electron chi connectivity index (χ2n) is 4.37. The summed E-state index contributed by atoms with van der Waals surface area (Å²) in [6.07, 6.45) is -0.862. The van der Waals surface area contributed by atoms with Gasteiger partial charge in [0.25, 0.3) is 0 Å². The van der Waals surface area contributed by atoms with Crippen molar-refractivity contribution in [3.8, 4) is 11.5 Å². The molecule has 2 rings (SSSR count). The SMILES string of the molecule is COc1ccc(C(O)c2c(CO)cccc2OC)cc1. The summed E-state index contributed by atoms with van der Waals surface area (Å²) >= 11 is 0. The van der Waals surface area contributed by atoms with Crippen LogP contribution in [0, 0.1) is 0 Å². The fraction of sp³-hybridized carbons (Fsp3) is 0.250. The van der Waals surface area contributed by atoms with Crippen molar-refractivity contribution in [3.05, 3.63) is 59.2 Å². The molecule has 0 saturated heterocycles. The molecule has 1 unspecified atom stereocenters. The van der Waals surface area contributed by atoms with Gasteiger partial charge in [0.1, 0.15) is 17.6 Å². The molecule has 0 heterocycles. The lowest BCUT2D eigenvalue weighted by atomic mass is 9.96. The molecule has 0 spiro atoms. The van der Waals surface area contributed by atoms with E-state index in [1.165, 1.54) is 0 Å². The average molecular weight is 274 g/mol. The van der Waals surface area contributed by atoms with Gasteiger partial charge in [0.15, 0.2) is 0 Å². The summed E-state index contributed by atoms with van der Waals surface area (Å²) in [4.78, 5) is 0. The molecular formula is C16H18O4. The van der Waals surface area contributed by atoms with E-state index in [0.29, 0.717) is 22.4 Å². The van der Waals surface area contributed by atoms with Gasteiger partial charge < -0.3 is 19.7 Å². The Kier molecular flexibility index (Phi) is 4.61. The molecule has 106 valence electrons. The van der Waals surface area contributed by atoms with Gasteiger partial charge in [0.05, 0.1) is 20.8 Å². The molecule has 2 aromatic rings. The van der Waals surface area contributed by atoms with E-state index >= 15 is 0 Å². The maximum Gasteiger partial charge on any atom is 0.125 e. The first-order chi connectivity index (χ1) is 9.71. The first-order valence-electron chi connectivity index (χ1n) is 6.30. The monoisotopic (exact) mass is 274 g/mol. The first-order valence-corrected chi connectivity index (χ1v) is 6.30. The van der Waals surface area contributed by atoms with E-state index in [4.69, 9.17) is 9.47 Å². The van der Waals surface area contributed by atoms with Crippen LogP contribution in [0.3, 0.4) is 0 Å². The van der Waals surface area contributed by atoms with Gasteiger partial charge in [-0.1, -0.05) is 24.3 Å². The highest BCUT2D eigenvalue weighted by atomic mass is 16.5. The summed E-state index contributed by atoms with van der Waals surface area (Å²) in [5.74, 6) is 1.28. The second-order valence-corrected chi connectivity index (χ2v) is 4.37. The van der Waals surface area contributed by atoms with Crippen LogP contribution in [-0.2, 0) is 6.61 Å². The molecule has 20 heavy (non-hydrogen) atoms. The molecule has 0 aromatic heterocycles. The van der Waals surface area contributed by atoms with Crippen molar-refractivity contribution in [1.29, 1.82) is 0 Å². The Morgan fingerprint density at radius 1 is 1.00 bits per heavy atom. The van der Waals surface area contributed by atoms with E-state index in [1.54, 1.807) is 56.7 Å². The van der Waals surface area contributed by atoms with E-state index in [1.807, 2.05) is 0 Å². The van der Waals surface area contributed by atoms with Gasteiger partial charge in [-0.2, -0.15) is 0 Å². The third-order valence-corrected chi connectivity index (χ3v) is 3.25. The molecule has 0 saturated carbocycles. The number of aliphatic hydroxyl groups excluding tert-OH is 2. The largest absolute Gasteiger partial charge is 0.497 e. The standard InChI is InChI=1S/C16H18O4/c1-19-13-8-6-11(7-9-13)16(18)15-12(10-17)4-3-5-14(15)20-2/h3-9,16-18H,10H2,1-2H3. The Hall–Kier alpha value is -2.04. The molecule has 2 N–H and O–H groups in total. The zero-order valence-corrected chi connectivity index (χ0v) is 11.5. The maximum absolute atomic E-state index is 10.5. The van der Waals surface area contributed by atoms with Crippen molar-refractivity contribution in [2.75, 3.05) is 14.2 Å². The summed E-state index contributed by atoms with van der Waals surface area (Å²) in [6.45, 7) is -0.153. The normalized spacial score (nSPS) is 12.0. The minimum Gasteiger partial charge on any atom is -0.497 e. The van der Waals surface area contributed by atoms with Crippen molar-refractivity contribution in [3.63, 3.8) is 0 Å². The minimum atomic E-state index is -0.862. The molecule has 0 fully saturated rings. The first kappa shape index (κ1) is 14.4. The van der Waals surface area contributed by atoms with Crippen LogP contribution in [0.4, 0.5) is 0 Å². The number of benzene rings is 2. The highest BCUT2D eigenvalue weighted by Gasteiger charge is 2.19. The lowest BCUT2D eigenvalue weighted by molar-refractivity contribution is 0.207. The Bertz CT molecular complexity index is 541. The lowest BCUT2D eigenvalue weighted by Crippen LogP contribution is -2.06. The third-order valence-electron chi connectivity index (χ3n) is 3.25. The average Bonchev–Trinajstić information content (AvgIpc) is 2.53. The zero-order valence-electron chi connectivity index (χ0n) is 11.5. The molecule has 4 nitrogen and oxygen atoms in total. The number of ether oxygens (including phenoxy) is 2.